The maximum absolute atomic E-state index is 12.2. The fourth-order valence-electron chi connectivity index (χ4n) is 3.57. The molecule has 2 rings (SSSR count). The topological polar surface area (TPSA) is 26.3 Å². The lowest BCUT2D eigenvalue weighted by atomic mass is 10.0. The summed E-state index contributed by atoms with van der Waals surface area (Å²) in [6, 6.07) is 16.3. The van der Waals surface area contributed by atoms with E-state index in [1.165, 1.54) is 62.5 Å². The van der Waals surface area contributed by atoms with Gasteiger partial charge in [0.25, 0.3) is 0 Å². The first-order chi connectivity index (χ1) is 14.2. The first-order valence-electron chi connectivity index (χ1n) is 11.6. The van der Waals surface area contributed by atoms with Crippen molar-refractivity contribution in [3.05, 3.63) is 59.7 Å². The molecule has 0 aliphatic heterocycles. The second-order valence-corrected chi connectivity index (χ2v) is 7.95. The molecule has 0 saturated carbocycles. The molecular weight excluding hydrogens is 356 g/mol. The Morgan fingerprint density at radius 1 is 0.655 bits per heavy atom. The second-order valence-electron chi connectivity index (χ2n) is 7.95. The van der Waals surface area contributed by atoms with Crippen LogP contribution in [0.1, 0.15) is 94.0 Å². The van der Waals surface area contributed by atoms with Crippen LogP contribution in [0.2, 0.25) is 0 Å². The number of aryl methyl sites for hydroxylation is 1. The summed E-state index contributed by atoms with van der Waals surface area (Å²) in [4.78, 5) is 12.2. The summed E-state index contributed by atoms with van der Waals surface area (Å²) in [6.45, 7) is 4.94. The maximum atomic E-state index is 12.2. The molecule has 2 aromatic rings. The number of hydrogen-bond acceptors (Lipinski definition) is 2. The molecule has 0 aliphatic carbocycles. The van der Waals surface area contributed by atoms with Crippen LogP contribution in [-0.2, 0) is 11.2 Å². The average molecular weight is 395 g/mol. The maximum Gasteiger partial charge on any atom is 0.338 e. The van der Waals surface area contributed by atoms with Crippen LogP contribution < -0.4 is 0 Å². The van der Waals surface area contributed by atoms with Gasteiger partial charge in [-0.25, -0.2) is 4.79 Å². The average Bonchev–Trinajstić information content (AvgIpc) is 2.77. The third kappa shape index (κ3) is 8.85. The van der Waals surface area contributed by atoms with Gasteiger partial charge >= 0.3 is 5.97 Å². The van der Waals surface area contributed by atoms with Crippen molar-refractivity contribution < 1.29 is 9.53 Å². The highest BCUT2D eigenvalue weighted by molar-refractivity contribution is 5.90. The largest absolute Gasteiger partial charge is 0.462 e. The van der Waals surface area contributed by atoms with Crippen molar-refractivity contribution in [1.82, 2.24) is 0 Å². The van der Waals surface area contributed by atoms with E-state index in [4.69, 9.17) is 4.74 Å². The van der Waals surface area contributed by atoms with Crippen molar-refractivity contribution in [3.63, 3.8) is 0 Å². The molecule has 0 bridgehead atoms. The number of unbranched alkanes of at least 4 members (excludes halogenated alkanes) is 9. The number of carbonyl (C=O) groups excluding carboxylic acids is 1. The molecule has 0 unspecified atom stereocenters. The highest BCUT2D eigenvalue weighted by Gasteiger charge is 2.07. The Morgan fingerprint density at radius 2 is 1.14 bits per heavy atom. The fraction of sp³-hybridized carbons (Fsp3) is 0.519. The number of hydrogen-bond donors (Lipinski definition) is 0. The van der Waals surface area contributed by atoms with Gasteiger partial charge < -0.3 is 4.74 Å². The molecule has 0 fully saturated rings. The molecule has 0 aromatic heterocycles. The summed E-state index contributed by atoms with van der Waals surface area (Å²) in [5.41, 5.74) is 4.26. The Morgan fingerprint density at radius 3 is 1.66 bits per heavy atom. The molecule has 0 radical (unpaired) electrons. The van der Waals surface area contributed by atoms with E-state index < -0.39 is 0 Å². The van der Waals surface area contributed by atoms with Crippen LogP contribution in [0.4, 0.5) is 0 Å². The molecular formula is C27H38O2. The van der Waals surface area contributed by atoms with Crippen LogP contribution in [0.3, 0.4) is 0 Å². The Kier molecular flexibility index (Phi) is 11.2. The van der Waals surface area contributed by atoms with E-state index in [1.54, 1.807) is 0 Å². The van der Waals surface area contributed by atoms with E-state index in [1.807, 2.05) is 24.3 Å². The van der Waals surface area contributed by atoms with Crippen molar-refractivity contribution in [2.24, 2.45) is 0 Å². The van der Waals surface area contributed by atoms with Crippen LogP contribution in [0.25, 0.3) is 11.1 Å². The Bertz CT molecular complexity index is 685. The van der Waals surface area contributed by atoms with E-state index in [0.717, 1.165) is 24.8 Å². The molecule has 2 aromatic carbocycles. The molecule has 158 valence electrons. The number of carbonyl (C=O) groups is 1. The van der Waals surface area contributed by atoms with Gasteiger partial charge in [-0.3, -0.25) is 0 Å². The van der Waals surface area contributed by atoms with E-state index in [2.05, 4.69) is 38.1 Å². The summed E-state index contributed by atoms with van der Waals surface area (Å²) in [6.07, 6.45) is 13.9. The predicted molar refractivity (Wildman–Crippen MR) is 123 cm³/mol. The number of benzene rings is 2. The monoisotopic (exact) mass is 394 g/mol. The second kappa shape index (κ2) is 14.0. The smallest absolute Gasteiger partial charge is 0.338 e. The third-order valence-electron chi connectivity index (χ3n) is 5.55. The molecule has 0 amide bonds. The summed E-state index contributed by atoms with van der Waals surface area (Å²) in [5.74, 6) is -0.214. The minimum absolute atomic E-state index is 0.214. The van der Waals surface area contributed by atoms with Crippen molar-refractivity contribution in [3.8, 4) is 11.1 Å². The van der Waals surface area contributed by atoms with Gasteiger partial charge in [0.1, 0.15) is 0 Å². The molecule has 0 heterocycles. The van der Waals surface area contributed by atoms with Crippen LogP contribution in [0, 0.1) is 0 Å². The zero-order valence-electron chi connectivity index (χ0n) is 18.4. The van der Waals surface area contributed by atoms with Crippen LogP contribution in [0.15, 0.2) is 48.5 Å². The quantitative estimate of drug-likeness (QED) is 0.240. The van der Waals surface area contributed by atoms with E-state index in [9.17, 15) is 4.79 Å². The summed E-state index contributed by atoms with van der Waals surface area (Å²) >= 11 is 0. The van der Waals surface area contributed by atoms with Gasteiger partial charge in [-0.2, -0.15) is 0 Å². The first kappa shape index (κ1) is 23.2. The minimum atomic E-state index is -0.214. The summed E-state index contributed by atoms with van der Waals surface area (Å²) in [5, 5.41) is 0. The molecule has 0 spiro atoms. The number of rotatable bonds is 14. The Balaban J connectivity index is 1.60. The standard InChI is InChI=1S/C27H38O2/c1-3-5-6-7-8-9-10-11-12-13-22-29-27(28)26-20-18-25(19-21-26)24-16-14-23(4-2)15-17-24/h14-21H,3-13,22H2,1-2H3. The number of ether oxygens (including phenoxy) is 1. The Hall–Kier alpha value is -2.09. The fourth-order valence-corrected chi connectivity index (χ4v) is 3.57. The molecule has 2 heteroatoms. The lowest BCUT2D eigenvalue weighted by Crippen LogP contribution is -2.06. The first-order valence-corrected chi connectivity index (χ1v) is 11.6. The minimum Gasteiger partial charge on any atom is -0.462 e. The van der Waals surface area contributed by atoms with Gasteiger partial charge in [-0.05, 0) is 41.7 Å². The molecule has 2 nitrogen and oxygen atoms in total. The van der Waals surface area contributed by atoms with Crippen molar-refractivity contribution in [2.75, 3.05) is 6.61 Å². The van der Waals surface area contributed by atoms with Crippen molar-refractivity contribution >= 4 is 5.97 Å². The van der Waals surface area contributed by atoms with Crippen molar-refractivity contribution in [2.45, 2.75) is 84.5 Å². The van der Waals surface area contributed by atoms with Gasteiger partial charge in [0.15, 0.2) is 0 Å². The molecule has 0 saturated heterocycles. The summed E-state index contributed by atoms with van der Waals surface area (Å²) in [7, 11) is 0. The summed E-state index contributed by atoms with van der Waals surface area (Å²) < 4.78 is 5.44. The SMILES string of the molecule is CCCCCCCCCCCCOC(=O)c1ccc(-c2ccc(CC)cc2)cc1. The molecule has 0 aliphatic rings. The van der Waals surface area contributed by atoms with E-state index in [-0.39, 0.29) is 5.97 Å². The van der Waals surface area contributed by atoms with Crippen LogP contribution in [-0.4, -0.2) is 12.6 Å². The lowest BCUT2D eigenvalue weighted by molar-refractivity contribution is 0.0497. The molecule has 0 N–H and O–H groups in total. The third-order valence-corrected chi connectivity index (χ3v) is 5.55. The van der Waals surface area contributed by atoms with Crippen LogP contribution >= 0.6 is 0 Å². The lowest BCUT2D eigenvalue weighted by Gasteiger charge is -2.07. The molecule has 29 heavy (non-hydrogen) atoms. The van der Waals surface area contributed by atoms with Crippen LogP contribution in [0.5, 0.6) is 0 Å². The van der Waals surface area contributed by atoms with E-state index in [0.29, 0.717) is 12.2 Å². The van der Waals surface area contributed by atoms with E-state index >= 15 is 0 Å². The highest BCUT2D eigenvalue weighted by atomic mass is 16.5. The molecule has 0 atom stereocenters. The van der Waals surface area contributed by atoms with Gasteiger partial charge in [0, 0.05) is 0 Å². The number of esters is 1. The van der Waals surface area contributed by atoms with Gasteiger partial charge in [-0.15, -0.1) is 0 Å². The Labute approximate surface area is 177 Å². The highest BCUT2D eigenvalue weighted by Crippen LogP contribution is 2.21. The zero-order valence-corrected chi connectivity index (χ0v) is 18.4. The normalized spacial score (nSPS) is 10.8. The predicted octanol–water partition coefficient (Wildman–Crippen LogP) is 7.99. The van der Waals surface area contributed by atoms with Gasteiger partial charge in [0.2, 0.25) is 0 Å². The van der Waals surface area contributed by atoms with Gasteiger partial charge in [-0.1, -0.05) is 108 Å². The zero-order chi connectivity index (χ0) is 20.7. The van der Waals surface area contributed by atoms with Crippen molar-refractivity contribution in [1.29, 1.82) is 0 Å². The van der Waals surface area contributed by atoms with Gasteiger partial charge in [0.05, 0.1) is 12.2 Å².